The normalized spacial score (nSPS) is 10.8. The summed E-state index contributed by atoms with van der Waals surface area (Å²) in [5.74, 6) is 0.794. The number of nitrogens with one attached hydrogen (secondary N) is 2. The molecule has 4 rings (SSSR count). The van der Waals surface area contributed by atoms with Gasteiger partial charge in [0.25, 0.3) is 0 Å². The largest absolute Gasteiger partial charge is 0.352 e. The van der Waals surface area contributed by atoms with Crippen LogP contribution in [-0.4, -0.2) is 15.0 Å². The van der Waals surface area contributed by atoms with E-state index in [1.807, 2.05) is 36.5 Å². The molecule has 0 unspecified atom stereocenters. The minimum atomic E-state index is 0.729. The Morgan fingerprint density at radius 2 is 1.74 bits per heavy atom. The van der Waals surface area contributed by atoms with E-state index in [0.29, 0.717) is 0 Å². The first-order valence-electron chi connectivity index (χ1n) is 7.56. The van der Waals surface area contributed by atoms with E-state index < -0.39 is 0 Å². The van der Waals surface area contributed by atoms with Gasteiger partial charge in [0.05, 0.1) is 11.0 Å². The van der Waals surface area contributed by atoms with E-state index in [-0.39, 0.29) is 0 Å². The highest BCUT2D eigenvalue weighted by Gasteiger charge is 2.02. The Hall–Kier alpha value is -3.14. The Balaban J connectivity index is 1.47. The fourth-order valence-corrected chi connectivity index (χ4v) is 2.57. The number of para-hydroxylation sites is 2. The molecule has 0 saturated heterocycles. The van der Waals surface area contributed by atoms with Crippen molar-refractivity contribution in [3.8, 4) is 11.1 Å². The maximum Gasteiger partial charge on any atom is 0.201 e. The van der Waals surface area contributed by atoms with Gasteiger partial charge < -0.3 is 10.3 Å². The van der Waals surface area contributed by atoms with E-state index in [9.17, 15) is 0 Å². The molecule has 0 aliphatic heterocycles. The summed E-state index contributed by atoms with van der Waals surface area (Å²) in [6.07, 6.45) is 3.66. The van der Waals surface area contributed by atoms with Crippen LogP contribution in [0, 0.1) is 0 Å². The zero-order valence-corrected chi connectivity index (χ0v) is 12.5. The van der Waals surface area contributed by atoms with Crippen LogP contribution < -0.4 is 5.32 Å². The number of nitrogens with zero attached hydrogens (tertiary/aromatic N) is 2. The van der Waals surface area contributed by atoms with Crippen LogP contribution in [0.15, 0.2) is 73.1 Å². The van der Waals surface area contributed by atoms with Crippen molar-refractivity contribution in [2.24, 2.45) is 0 Å². The lowest BCUT2D eigenvalue weighted by Gasteiger charge is -2.05. The van der Waals surface area contributed by atoms with Gasteiger partial charge >= 0.3 is 0 Å². The summed E-state index contributed by atoms with van der Waals surface area (Å²) in [6, 6.07) is 20.5. The summed E-state index contributed by atoms with van der Waals surface area (Å²) in [5.41, 5.74) is 5.52. The molecule has 112 valence electrons. The van der Waals surface area contributed by atoms with Crippen LogP contribution in [-0.2, 0) is 6.54 Å². The zero-order chi connectivity index (χ0) is 15.5. The number of anilines is 1. The molecule has 2 aromatic carbocycles. The second-order valence-electron chi connectivity index (χ2n) is 5.39. The molecule has 0 spiro atoms. The number of hydrogen-bond acceptors (Lipinski definition) is 3. The fourth-order valence-electron chi connectivity index (χ4n) is 2.57. The number of hydrogen-bond donors (Lipinski definition) is 2. The highest BCUT2D eigenvalue weighted by atomic mass is 15.1. The molecule has 0 fully saturated rings. The summed E-state index contributed by atoms with van der Waals surface area (Å²) < 4.78 is 0. The summed E-state index contributed by atoms with van der Waals surface area (Å²) in [7, 11) is 0. The Morgan fingerprint density at radius 1 is 0.870 bits per heavy atom. The topological polar surface area (TPSA) is 53.6 Å². The summed E-state index contributed by atoms with van der Waals surface area (Å²) in [6.45, 7) is 0.729. The minimum absolute atomic E-state index is 0.729. The third-order valence-electron chi connectivity index (χ3n) is 3.80. The van der Waals surface area contributed by atoms with Crippen molar-refractivity contribution in [2.45, 2.75) is 6.54 Å². The van der Waals surface area contributed by atoms with Gasteiger partial charge in [-0.05, 0) is 34.9 Å². The molecule has 0 aliphatic carbocycles. The predicted molar refractivity (Wildman–Crippen MR) is 93.1 cm³/mol. The average molecular weight is 300 g/mol. The lowest BCUT2D eigenvalue weighted by Crippen LogP contribution is -2.00. The van der Waals surface area contributed by atoms with Crippen LogP contribution >= 0.6 is 0 Å². The van der Waals surface area contributed by atoms with Crippen LogP contribution in [0.25, 0.3) is 22.2 Å². The SMILES string of the molecule is c1cncc(-c2ccc(CNc3nc4ccccc4[nH]3)cc2)c1. The van der Waals surface area contributed by atoms with Gasteiger partial charge in [0.1, 0.15) is 0 Å². The lowest BCUT2D eigenvalue weighted by molar-refractivity contribution is 1.10. The number of aromatic amines is 1. The molecule has 0 aliphatic rings. The third-order valence-corrected chi connectivity index (χ3v) is 3.80. The maximum atomic E-state index is 4.52. The monoisotopic (exact) mass is 300 g/mol. The van der Waals surface area contributed by atoms with Gasteiger partial charge in [-0.25, -0.2) is 4.98 Å². The maximum absolute atomic E-state index is 4.52. The second kappa shape index (κ2) is 5.93. The average Bonchev–Trinajstić information content (AvgIpc) is 3.04. The number of aromatic nitrogens is 3. The molecular formula is C19H16N4. The molecule has 0 saturated carbocycles. The summed E-state index contributed by atoms with van der Waals surface area (Å²) in [4.78, 5) is 11.9. The van der Waals surface area contributed by atoms with Gasteiger partial charge in [0.15, 0.2) is 0 Å². The summed E-state index contributed by atoms with van der Waals surface area (Å²) >= 11 is 0. The molecule has 2 aromatic heterocycles. The van der Waals surface area contributed by atoms with Crippen LogP contribution in [0.1, 0.15) is 5.56 Å². The molecule has 2 N–H and O–H groups in total. The number of fused-ring (bicyclic) bond motifs is 1. The molecule has 0 radical (unpaired) electrons. The van der Waals surface area contributed by atoms with E-state index in [4.69, 9.17) is 0 Å². The molecule has 2 heterocycles. The molecule has 0 bridgehead atoms. The standard InChI is InChI=1S/C19H16N4/c1-2-6-18-17(5-1)22-19(23-18)21-12-14-7-9-15(10-8-14)16-4-3-11-20-13-16/h1-11,13H,12H2,(H2,21,22,23). The number of rotatable bonds is 4. The summed E-state index contributed by atoms with van der Waals surface area (Å²) in [5, 5.41) is 3.33. The lowest BCUT2D eigenvalue weighted by atomic mass is 10.1. The van der Waals surface area contributed by atoms with Crippen molar-refractivity contribution >= 4 is 17.0 Å². The van der Waals surface area contributed by atoms with E-state index in [0.717, 1.165) is 29.1 Å². The van der Waals surface area contributed by atoms with Gasteiger partial charge in [-0.3, -0.25) is 4.98 Å². The van der Waals surface area contributed by atoms with Crippen molar-refractivity contribution in [3.05, 3.63) is 78.6 Å². The van der Waals surface area contributed by atoms with Gasteiger partial charge in [0, 0.05) is 18.9 Å². The fraction of sp³-hybridized carbons (Fsp3) is 0.0526. The highest BCUT2D eigenvalue weighted by Crippen LogP contribution is 2.19. The van der Waals surface area contributed by atoms with Gasteiger partial charge in [-0.2, -0.15) is 0 Å². The zero-order valence-electron chi connectivity index (χ0n) is 12.5. The molecule has 4 aromatic rings. The molecule has 23 heavy (non-hydrogen) atoms. The van der Waals surface area contributed by atoms with Crippen LogP contribution in [0.4, 0.5) is 5.95 Å². The quantitative estimate of drug-likeness (QED) is 0.593. The predicted octanol–water partition coefficient (Wildman–Crippen LogP) is 4.24. The highest BCUT2D eigenvalue weighted by molar-refractivity contribution is 5.77. The molecule has 4 heteroatoms. The molecule has 0 atom stereocenters. The minimum Gasteiger partial charge on any atom is -0.352 e. The Morgan fingerprint density at radius 3 is 2.52 bits per heavy atom. The van der Waals surface area contributed by atoms with Gasteiger partial charge in [-0.1, -0.05) is 42.5 Å². The van der Waals surface area contributed by atoms with Crippen molar-refractivity contribution in [3.63, 3.8) is 0 Å². The van der Waals surface area contributed by atoms with E-state index in [2.05, 4.69) is 50.6 Å². The number of pyridine rings is 1. The van der Waals surface area contributed by atoms with Crippen LogP contribution in [0.2, 0.25) is 0 Å². The van der Waals surface area contributed by atoms with E-state index >= 15 is 0 Å². The van der Waals surface area contributed by atoms with E-state index in [1.165, 1.54) is 11.1 Å². The Labute approximate surface area is 134 Å². The second-order valence-corrected chi connectivity index (χ2v) is 5.39. The third kappa shape index (κ3) is 2.92. The van der Waals surface area contributed by atoms with Crippen molar-refractivity contribution < 1.29 is 0 Å². The number of imidazole rings is 1. The number of H-pyrrole nitrogens is 1. The van der Waals surface area contributed by atoms with Crippen LogP contribution in [0.5, 0.6) is 0 Å². The van der Waals surface area contributed by atoms with E-state index in [1.54, 1.807) is 6.20 Å². The first kappa shape index (κ1) is 13.5. The Bertz CT molecular complexity index is 878. The first-order valence-corrected chi connectivity index (χ1v) is 7.56. The first-order chi connectivity index (χ1) is 11.4. The van der Waals surface area contributed by atoms with Gasteiger partial charge in [0.2, 0.25) is 5.95 Å². The van der Waals surface area contributed by atoms with Gasteiger partial charge in [-0.15, -0.1) is 0 Å². The van der Waals surface area contributed by atoms with Crippen molar-refractivity contribution in [1.29, 1.82) is 0 Å². The number of benzene rings is 2. The van der Waals surface area contributed by atoms with Crippen molar-refractivity contribution in [1.82, 2.24) is 15.0 Å². The molecular weight excluding hydrogens is 284 g/mol. The van der Waals surface area contributed by atoms with Crippen molar-refractivity contribution in [2.75, 3.05) is 5.32 Å². The Kier molecular flexibility index (Phi) is 3.48. The smallest absolute Gasteiger partial charge is 0.201 e. The van der Waals surface area contributed by atoms with Crippen LogP contribution in [0.3, 0.4) is 0 Å². The molecule has 0 amide bonds. The molecule has 4 nitrogen and oxygen atoms in total.